The van der Waals surface area contributed by atoms with Gasteiger partial charge in [-0.2, -0.15) is 0 Å². The molecule has 0 N–H and O–H groups in total. The van der Waals surface area contributed by atoms with Crippen molar-refractivity contribution in [3.63, 3.8) is 0 Å². The summed E-state index contributed by atoms with van der Waals surface area (Å²) in [5.41, 5.74) is 3.94. The number of benzene rings is 2. The minimum atomic E-state index is 0.0192. The molecular weight excluding hydrogens is 322 g/mol. The summed E-state index contributed by atoms with van der Waals surface area (Å²) in [7, 11) is 0. The Balaban J connectivity index is 1.73. The van der Waals surface area contributed by atoms with Gasteiger partial charge in [-0.1, -0.05) is 54.5 Å². The maximum absolute atomic E-state index is 12.7. The van der Waals surface area contributed by atoms with Gasteiger partial charge in [0.2, 0.25) is 5.71 Å². The number of hydrogen-bond donors (Lipinski definition) is 0. The lowest BCUT2D eigenvalue weighted by molar-refractivity contribution is 0.589. The summed E-state index contributed by atoms with van der Waals surface area (Å²) in [6, 6.07) is 19.7. The molecule has 3 heteroatoms. The second kappa shape index (κ2) is 6.78. The zero-order valence-electron chi connectivity index (χ0n) is 14.4. The summed E-state index contributed by atoms with van der Waals surface area (Å²) in [4.78, 5) is 12.7. The first-order valence-electron chi connectivity index (χ1n) is 8.46. The van der Waals surface area contributed by atoms with E-state index in [0.29, 0.717) is 23.5 Å². The van der Waals surface area contributed by atoms with Gasteiger partial charge in [0.25, 0.3) is 0 Å². The number of nitrogens with zero attached hydrogens (tertiary/aromatic N) is 1. The SMILES string of the molecule is Cc1c(=O)c(Cc2ccccc2)cn2cc(C#Cc3ccccc3)oc12. The normalized spacial score (nSPS) is 10.5. The van der Waals surface area contributed by atoms with E-state index in [2.05, 4.69) is 11.8 Å². The lowest BCUT2D eigenvalue weighted by Gasteiger charge is -2.04. The third kappa shape index (κ3) is 3.18. The molecule has 0 radical (unpaired) electrons. The second-order valence-electron chi connectivity index (χ2n) is 6.19. The molecule has 0 unspecified atom stereocenters. The lowest BCUT2D eigenvalue weighted by atomic mass is 10.0. The Kier molecular flexibility index (Phi) is 4.17. The summed E-state index contributed by atoms with van der Waals surface area (Å²) < 4.78 is 7.65. The van der Waals surface area contributed by atoms with Crippen LogP contribution in [0.2, 0.25) is 0 Å². The van der Waals surface area contributed by atoms with Gasteiger partial charge in [-0.05, 0) is 30.5 Å². The molecule has 4 aromatic rings. The van der Waals surface area contributed by atoms with Crippen LogP contribution in [-0.4, -0.2) is 4.40 Å². The van der Waals surface area contributed by atoms with Gasteiger partial charge in [-0.25, -0.2) is 0 Å². The van der Waals surface area contributed by atoms with Crippen molar-refractivity contribution >= 4 is 5.71 Å². The third-order valence-corrected chi connectivity index (χ3v) is 4.29. The molecule has 4 rings (SSSR count). The van der Waals surface area contributed by atoms with Crippen molar-refractivity contribution < 1.29 is 4.42 Å². The van der Waals surface area contributed by atoms with E-state index in [-0.39, 0.29) is 5.43 Å². The number of aryl methyl sites for hydroxylation is 1. The van der Waals surface area contributed by atoms with E-state index in [4.69, 9.17) is 4.42 Å². The molecule has 0 bridgehead atoms. The number of oxazole rings is 1. The average Bonchev–Trinajstić information content (AvgIpc) is 3.09. The van der Waals surface area contributed by atoms with Crippen LogP contribution in [0.3, 0.4) is 0 Å². The number of pyridine rings is 1. The van der Waals surface area contributed by atoms with Gasteiger partial charge in [0, 0.05) is 23.7 Å². The smallest absolute Gasteiger partial charge is 0.212 e. The first kappa shape index (κ1) is 16.0. The third-order valence-electron chi connectivity index (χ3n) is 4.29. The van der Waals surface area contributed by atoms with E-state index >= 15 is 0 Å². The van der Waals surface area contributed by atoms with Gasteiger partial charge in [0.05, 0.1) is 11.8 Å². The Hall–Kier alpha value is -3.51. The fourth-order valence-corrected chi connectivity index (χ4v) is 2.95. The van der Waals surface area contributed by atoms with Gasteiger partial charge in [0.1, 0.15) is 0 Å². The molecule has 26 heavy (non-hydrogen) atoms. The van der Waals surface area contributed by atoms with Crippen LogP contribution in [0.15, 0.2) is 82.3 Å². The lowest BCUT2D eigenvalue weighted by Crippen LogP contribution is -2.14. The minimum absolute atomic E-state index is 0.0192. The summed E-state index contributed by atoms with van der Waals surface area (Å²) in [6.07, 6.45) is 4.26. The highest BCUT2D eigenvalue weighted by Gasteiger charge is 2.12. The van der Waals surface area contributed by atoms with Crippen molar-refractivity contribution in [1.82, 2.24) is 4.40 Å². The first-order chi connectivity index (χ1) is 12.7. The van der Waals surface area contributed by atoms with Crippen LogP contribution in [0.1, 0.15) is 28.0 Å². The van der Waals surface area contributed by atoms with E-state index in [1.165, 1.54) is 0 Å². The number of fused-ring (bicyclic) bond motifs is 1. The van der Waals surface area contributed by atoms with Gasteiger partial charge < -0.3 is 4.42 Å². The molecule has 0 spiro atoms. The molecule has 0 saturated heterocycles. The predicted octanol–water partition coefficient (Wildman–Crippen LogP) is 4.19. The molecule has 0 aliphatic rings. The minimum Gasteiger partial charge on any atom is -0.429 e. The molecule has 0 fully saturated rings. The number of aromatic nitrogens is 1. The molecular formula is C23H17NO2. The number of hydrogen-bond acceptors (Lipinski definition) is 2. The molecule has 0 saturated carbocycles. The molecule has 0 aliphatic carbocycles. The van der Waals surface area contributed by atoms with Crippen molar-refractivity contribution in [3.8, 4) is 11.8 Å². The molecule has 2 aromatic heterocycles. The highest BCUT2D eigenvalue weighted by atomic mass is 16.3. The highest BCUT2D eigenvalue weighted by molar-refractivity contribution is 5.49. The number of rotatable bonds is 2. The Morgan fingerprint density at radius 1 is 0.923 bits per heavy atom. The van der Waals surface area contributed by atoms with Gasteiger partial charge in [0.15, 0.2) is 11.2 Å². The Bertz CT molecular complexity index is 1170. The fraction of sp³-hybridized carbons (Fsp3) is 0.0870. The van der Waals surface area contributed by atoms with Crippen molar-refractivity contribution in [2.24, 2.45) is 0 Å². The van der Waals surface area contributed by atoms with E-state index in [0.717, 1.165) is 16.7 Å². The molecule has 2 aromatic carbocycles. The molecule has 0 amide bonds. The molecule has 2 heterocycles. The van der Waals surface area contributed by atoms with Crippen molar-refractivity contribution in [2.75, 3.05) is 0 Å². The van der Waals surface area contributed by atoms with Crippen LogP contribution in [0.5, 0.6) is 0 Å². The van der Waals surface area contributed by atoms with Crippen LogP contribution in [-0.2, 0) is 6.42 Å². The van der Waals surface area contributed by atoms with Crippen LogP contribution in [0.25, 0.3) is 5.71 Å². The topological polar surface area (TPSA) is 34.6 Å². The summed E-state index contributed by atoms with van der Waals surface area (Å²) >= 11 is 0. The molecule has 0 aliphatic heterocycles. The standard InChI is InChI=1S/C23H17NO2/c1-17-22(25)20(14-19-10-6-3-7-11-19)15-24-16-21(26-23(17)24)13-12-18-8-4-2-5-9-18/h2-11,15-16H,14H2,1H3. The molecule has 126 valence electrons. The first-order valence-corrected chi connectivity index (χ1v) is 8.46. The zero-order valence-corrected chi connectivity index (χ0v) is 14.4. The Labute approximate surface area is 151 Å². The maximum atomic E-state index is 12.7. The van der Waals surface area contributed by atoms with Gasteiger partial charge in [-0.3, -0.25) is 9.20 Å². The zero-order chi connectivity index (χ0) is 17.9. The molecule has 3 nitrogen and oxygen atoms in total. The van der Waals surface area contributed by atoms with E-state index in [9.17, 15) is 4.79 Å². The van der Waals surface area contributed by atoms with Crippen LogP contribution in [0, 0.1) is 18.8 Å². The Morgan fingerprint density at radius 3 is 2.35 bits per heavy atom. The largest absolute Gasteiger partial charge is 0.429 e. The monoisotopic (exact) mass is 339 g/mol. The second-order valence-corrected chi connectivity index (χ2v) is 6.19. The van der Waals surface area contributed by atoms with E-state index in [1.54, 1.807) is 6.92 Å². The van der Waals surface area contributed by atoms with Gasteiger partial charge in [-0.15, -0.1) is 0 Å². The van der Waals surface area contributed by atoms with Crippen LogP contribution < -0.4 is 5.43 Å². The Morgan fingerprint density at radius 2 is 1.62 bits per heavy atom. The summed E-state index contributed by atoms with van der Waals surface area (Å²) in [6.45, 7) is 1.80. The van der Waals surface area contributed by atoms with Crippen LogP contribution in [0.4, 0.5) is 0 Å². The fourth-order valence-electron chi connectivity index (χ4n) is 2.95. The highest BCUT2D eigenvalue weighted by Crippen LogP contribution is 2.15. The van der Waals surface area contributed by atoms with Crippen molar-refractivity contribution in [1.29, 1.82) is 0 Å². The van der Waals surface area contributed by atoms with E-state index in [1.807, 2.05) is 77.5 Å². The quantitative estimate of drug-likeness (QED) is 0.513. The van der Waals surface area contributed by atoms with Crippen molar-refractivity contribution in [2.45, 2.75) is 13.3 Å². The average molecular weight is 339 g/mol. The summed E-state index contributed by atoms with van der Waals surface area (Å²) in [5, 5.41) is 0. The maximum Gasteiger partial charge on any atom is 0.212 e. The summed E-state index contributed by atoms with van der Waals surface area (Å²) in [5.74, 6) is 6.64. The van der Waals surface area contributed by atoms with Crippen molar-refractivity contribution in [3.05, 3.63) is 111 Å². The predicted molar refractivity (Wildman–Crippen MR) is 102 cm³/mol. The molecule has 0 atom stereocenters. The van der Waals surface area contributed by atoms with E-state index < -0.39 is 0 Å². The van der Waals surface area contributed by atoms with Crippen LogP contribution >= 0.6 is 0 Å². The van der Waals surface area contributed by atoms with Gasteiger partial charge >= 0.3 is 0 Å².